The van der Waals surface area contributed by atoms with E-state index in [9.17, 15) is 18.5 Å². The Morgan fingerprint density at radius 2 is 1.95 bits per heavy atom. The van der Waals surface area contributed by atoms with Crippen molar-refractivity contribution in [2.75, 3.05) is 39.0 Å². The van der Waals surface area contributed by atoms with E-state index in [1.165, 1.54) is 10.4 Å². The molecule has 116 valence electrons. The van der Waals surface area contributed by atoms with Gasteiger partial charge >= 0.3 is 0 Å². The van der Waals surface area contributed by atoms with Crippen molar-refractivity contribution in [1.29, 1.82) is 0 Å². The Kier molecular flexibility index (Phi) is 4.45. The molecule has 2 N–H and O–H groups in total. The van der Waals surface area contributed by atoms with E-state index in [1.807, 2.05) is 7.05 Å². The molecule has 1 aromatic carbocycles. The Hall–Kier alpha value is -1.71. The summed E-state index contributed by atoms with van der Waals surface area (Å²) in [5.74, 6) is 0. The van der Waals surface area contributed by atoms with Crippen LogP contribution in [0.15, 0.2) is 23.1 Å². The van der Waals surface area contributed by atoms with Crippen LogP contribution in [0.5, 0.6) is 0 Å². The molecule has 0 saturated carbocycles. The van der Waals surface area contributed by atoms with Gasteiger partial charge in [0.2, 0.25) is 10.0 Å². The molecule has 0 amide bonds. The van der Waals surface area contributed by atoms with Gasteiger partial charge in [-0.05, 0) is 26.1 Å². The predicted octanol–water partition coefficient (Wildman–Crippen LogP) is 0.503. The number of nitrogens with two attached hydrogens (primary N) is 1. The van der Waals surface area contributed by atoms with Crippen molar-refractivity contribution in [3.05, 3.63) is 28.3 Å². The fourth-order valence-electron chi connectivity index (χ4n) is 2.29. The number of nitrogens with zero attached hydrogens (tertiary/aromatic N) is 3. The number of nitro benzene ring substituents is 1. The minimum atomic E-state index is -3.72. The van der Waals surface area contributed by atoms with Crippen LogP contribution in [0.25, 0.3) is 0 Å². The van der Waals surface area contributed by atoms with Crippen molar-refractivity contribution < 1.29 is 13.3 Å². The molecule has 1 saturated heterocycles. The van der Waals surface area contributed by atoms with Crippen molar-refractivity contribution in [1.82, 2.24) is 9.21 Å². The lowest BCUT2D eigenvalue weighted by Crippen LogP contribution is -2.34. The topological polar surface area (TPSA) is 110 Å². The van der Waals surface area contributed by atoms with Gasteiger partial charge in [0.25, 0.3) is 5.69 Å². The van der Waals surface area contributed by atoms with Gasteiger partial charge in [0, 0.05) is 31.8 Å². The Balaban J connectivity index is 2.33. The zero-order valence-electron chi connectivity index (χ0n) is 11.7. The molecule has 9 heteroatoms. The minimum absolute atomic E-state index is 0.0716. The normalized spacial score (nSPS) is 18.3. The molecular weight excluding hydrogens is 296 g/mol. The summed E-state index contributed by atoms with van der Waals surface area (Å²) in [7, 11) is -1.78. The van der Waals surface area contributed by atoms with Gasteiger partial charge in [0.15, 0.2) is 0 Å². The molecule has 0 radical (unpaired) electrons. The van der Waals surface area contributed by atoms with E-state index in [-0.39, 0.29) is 16.3 Å². The summed E-state index contributed by atoms with van der Waals surface area (Å²) >= 11 is 0. The van der Waals surface area contributed by atoms with Crippen molar-refractivity contribution in [3.63, 3.8) is 0 Å². The molecule has 2 rings (SSSR count). The average Bonchev–Trinajstić information content (AvgIpc) is 2.63. The summed E-state index contributed by atoms with van der Waals surface area (Å²) in [4.78, 5) is 12.1. The van der Waals surface area contributed by atoms with Gasteiger partial charge < -0.3 is 10.6 Å². The fourth-order valence-corrected chi connectivity index (χ4v) is 3.85. The second kappa shape index (κ2) is 5.96. The zero-order valence-corrected chi connectivity index (χ0v) is 12.5. The molecule has 0 aromatic heterocycles. The maximum Gasteiger partial charge on any atom is 0.271 e. The SMILES string of the molecule is CN1CCCN(S(=O)(=O)c2ccc([N+](=O)[O-])cc2N)CC1. The maximum atomic E-state index is 12.6. The molecule has 8 nitrogen and oxygen atoms in total. The molecule has 1 fully saturated rings. The third-order valence-corrected chi connectivity index (χ3v) is 5.47. The second-order valence-corrected chi connectivity index (χ2v) is 6.95. The highest BCUT2D eigenvalue weighted by atomic mass is 32.2. The summed E-state index contributed by atoms with van der Waals surface area (Å²) in [6, 6.07) is 3.45. The first-order valence-corrected chi connectivity index (χ1v) is 7.99. The largest absolute Gasteiger partial charge is 0.397 e. The maximum absolute atomic E-state index is 12.6. The van der Waals surface area contributed by atoms with Gasteiger partial charge in [0.1, 0.15) is 4.90 Å². The van der Waals surface area contributed by atoms with Gasteiger partial charge in [0.05, 0.1) is 10.6 Å². The predicted molar refractivity (Wildman–Crippen MR) is 78.4 cm³/mol. The van der Waals surface area contributed by atoms with Crippen LogP contribution in [-0.4, -0.2) is 55.8 Å². The average molecular weight is 314 g/mol. The highest BCUT2D eigenvalue weighted by molar-refractivity contribution is 7.89. The van der Waals surface area contributed by atoms with Crippen LogP contribution in [-0.2, 0) is 10.0 Å². The molecule has 0 spiro atoms. The van der Waals surface area contributed by atoms with Crippen LogP contribution in [0.1, 0.15) is 6.42 Å². The third kappa shape index (κ3) is 3.31. The summed E-state index contributed by atoms with van der Waals surface area (Å²) in [6.45, 7) is 2.28. The Morgan fingerprint density at radius 3 is 2.57 bits per heavy atom. The van der Waals surface area contributed by atoms with Crippen molar-refractivity contribution >= 4 is 21.4 Å². The van der Waals surface area contributed by atoms with Gasteiger partial charge in [-0.2, -0.15) is 4.31 Å². The first-order chi connectivity index (χ1) is 9.82. The van der Waals surface area contributed by atoms with E-state index in [2.05, 4.69) is 4.90 Å². The first kappa shape index (κ1) is 15.7. The van der Waals surface area contributed by atoms with Crippen molar-refractivity contribution in [3.8, 4) is 0 Å². The minimum Gasteiger partial charge on any atom is -0.397 e. The molecule has 1 aliphatic heterocycles. The molecule has 1 heterocycles. The lowest BCUT2D eigenvalue weighted by molar-refractivity contribution is -0.384. The number of nitro groups is 1. The molecule has 1 aromatic rings. The van der Waals surface area contributed by atoms with E-state index in [0.29, 0.717) is 19.6 Å². The lowest BCUT2D eigenvalue weighted by Gasteiger charge is -2.21. The van der Waals surface area contributed by atoms with Crippen LogP contribution in [0.3, 0.4) is 0 Å². The quantitative estimate of drug-likeness (QED) is 0.494. The number of anilines is 1. The molecule has 0 bridgehead atoms. The highest BCUT2D eigenvalue weighted by Gasteiger charge is 2.28. The second-order valence-electron chi connectivity index (χ2n) is 5.04. The van der Waals surface area contributed by atoms with Gasteiger partial charge in [-0.3, -0.25) is 10.1 Å². The Morgan fingerprint density at radius 1 is 1.24 bits per heavy atom. The van der Waals surface area contributed by atoms with Crippen LogP contribution < -0.4 is 5.73 Å². The lowest BCUT2D eigenvalue weighted by atomic mass is 10.3. The van der Waals surface area contributed by atoms with Gasteiger partial charge in [-0.15, -0.1) is 0 Å². The molecular formula is C12H18N4O4S. The van der Waals surface area contributed by atoms with Crippen LogP contribution in [0, 0.1) is 10.1 Å². The Bertz CT molecular complexity index is 647. The van der Waals surface area contributed by atoms with Crippen molar-refractivity contribution in [2.45, 2.75) is 11.3 Å². The van der Waals surface area contributed by atoms with Crippen molar-refractivity contribution in [2.24, 2.45) is 0 Å². The smallest absolute Gasteiger partial charge is 0.271 e. The third-order valence-electron chi connectivity index (χ3n) is 3.50. The fraction of sp³-hybridized carbons (Fsp3) is 0.500. The molecule has 0 unspecified atom stereocenters. The molecule has 1 aliphatic rings. The molecule has 0 aliphatic carbocycles. The standard InChI is InChI=1S/C12H18N4O4S/c1-14-5-2-6-15(8-7-14)21(19,20)12-4-3-10(16(17)18)9-11(12)13/h3-4,9H,2,5-8,13H2,1H3. The number of nitrogen functional groups attached to an aromatic ring is 1. The van der Waals surface area contributed by atoms with Crippen LogP contribution in [0.2, 0.25) is 0 Å². The number of rotatable bonds is 3. The van der Waals surface area contributed by atoms with Gasteiger partial charge in [-0.1, -0.05) is 0 Å². The summed E-state index contributed by atoms with van der Waals surface area (Å²) in [5.41, 5.74) is 5.38. The number of hydrogen-bond donors (Lipinski definition) is 1. The summed E-state index contributed by atoms with van der Waals surface area (Å²) < 4.78 is 26.6. The van der Waals surface area contributed by atoms with Crippen LogP contribution in [0.4, 0.5) is 11.4 Å². The monoisotopic (exact) mass is 314 g/mol. The number of hydrogen-bond acceptors (Lipinski definition) is 6. The van der Waals surface area contributed by atoms with E-state index in [4.69, 9.17) is 5.73 Å². The van der Waals surface area contributed by atoms with E-state index < -0.39 is 14.9 Å². The first-order valence-electron chi connectivity index (χ1n) is 6.55. The van der Waals surface area contributed by atoms with E-state index in [1.54, 1.807) is 0 Å². The number of sulfonamides is 1. The Labute approximate surface area is 123 Å². The zero-order chi connectivity index (χ0) is 15.6. The molecule has 0 atom stereocenters. The van der Waals surface area contributed by atoms with E-state index in [0.717, 1.165) is 25.1 Å². The number of non-ortho nitro benzene ring substituents is 1. The molecule has 21 heavy (non-hydrogen) atoms. The summed E-state index contributed by atoms with van der Waals surface area (Å²) in [5, 5.41) is 10.7. The number of likely N-dealkylation sites (N-methyl/N-ethyl adjacent to an activating group) is 1. The highest BCUT2D eigenvalue weighted by Crippen LogP contribution is 2.27. The summed E-state index contributed by atoms with van der Waals surface area (Å²) in [6.07, 6.45) is 0.739. The van der Waals surface area contributed by atoms with Crippen LogP contribution >= 0.6 is 0 Å². The number of benzene rings is 1. The van der Waals surface area contributed by atoms with Gasteiger partial charge in [-0.25, -0.2) is 8.42 Å². The van der Waals surface area contributed by atoms with E-state index >= 15 is 0 Å².